The second-order valence-electron chi connectivity index (χ2n) is 16.7. The summed E-state index contributed by atoms with van der Waals surface area (Å²) in [5.74, 6) is -0.398. The smallest absolute Gasteiger partial charge is 1.00 e. The second kappa shape index (κ2) is 15.5. The first kappa shape index (κ1) is 39.7. The molecule has 0 aromatic heterocycles. The van der Waals surface area contributed by atoms with Gasteiger partial charge in [0.05, 0.1) is 0 Å². The van der Waals surface area contributed by atoms with Crippen LogP contribution in [-0.4, -0.2) is 5.92 Å². The molecule has 2 aliphatic carbocycles. The van der Waals surface area contributed by atoms with Gasteiger partial charge in [0.1, 0.15) is 0 Å². The van der Waals surface area contributed by atoms with Crippen molar-refractivity contribution in [2.45, 2.75) is 94.8 Å². The van der Waals surface area contributed by atoms with Gasteiger partial charge in [-0.1, -0.05) is 30.3 Å². The van der Waals surface area contributed by atoms with Crippen LogP contribution < -0.4 is 24.8 Å². The molecule has 4 heteroatoms. The average Bonchev–Trinajstić information content (AvgIpc) is 3.59. The van der Waals surface area contributed by atoms with E-state index in [0.29, 0.717) is 9.54 Å². The van der Waals surface area contributed by atoms with Crippen molar-refractivity contribution < 1.29 is 47.2 Å². The van der Waals surface area contributed by atoms with Crippen molar-refractivity contribution in [3.8, 4) is 33.4 Å². The number of benzene rings is 5. The number of allylic oxidation sites excluding steroid dienone is 1. The van der Waals surface area contributed by atoms with Crippen molar-refractivity contribution in [3.05, 3.63) is 148 Å². The molecule has 0 saturated heterocycles. The van der Waals surface area contributed by atoms with Crippen molar-refractivity contribution in [1.82, 2.24) is 0 Å². The Hall–Kier alpha value is -2.48. The van der Waals surface area contributed by atoms with Crippen LogP contribution in [0.2, 0.25) is 13.1 Å². The third-order valence-electron chi connectivity index (χ3n) is 10.7. The zero-order valence-electron chi connectivity index (χ0n) is 31.8. The van der Waals surface area contributed by atoms with Crippen LogP contribution in [0.1, 0.15) is 110 Å². The van der Waals surface area contributed by atoms with Crippen LogP contribution in [0, 0.1) is 0 Å². The molecule has 2 atom stereocenters. The molecule has 5 aromatic rings. The van der Waals surface area contributed by atoms with Gasteiger partial charge in [0.15, 0.2) is 0 Å². The second-order valence-corrected chi connectivity index (χ2v) is 31.8. The molecule has 0 radical (unpaired) electrons. The van der Waals surface area contributed by atoms with Gasteiger partial charge in [-0.3, -0.25) is 0 Å². The summed E-state index contributed by atoms with van der Waals surface area (Å²) in [4.78, 5) is 0. The zero-order valence-corrected chi connectivity index (χ0v) is 36.9. The first-order chi connectivity index (χ1) is 23.3. The summed E-state index contributed by atoms with van der Waals surface area (Å²) >= 11 is -0.655. The van der Waals surface area contributed by atoms with Gasteiger partial charge in [-0.15, -0.1) is 0 Å². The van der Waals surface area contributed by atoms with Crippen LogP contribution in [-0.2, 0) is 33.2 Å². The maximum Gasteiger partial charge on any atom is -1.00 e. The summed E-state index contributed by atoms with van der Waals surface area (Å²) in [6.07, 6.45) is 4.88. The fourth-order valence-corrected chi connectivity index (χ4v) is 18.0. The molecule has 0 saturated carbocycles. The summed E-state index contributed by atoms with van der Waals surface area (Å²) in [6, 6.07) is 39.9. The Labute approximate surface area is 332 Å². The topological polar surface area (TPSA) is 0 Å². The molecular formula is C47H52Cl2SiZr. The van der Waals surface area contributed by atoms with E-state index in [1.54, 1.807) is 27.8 Å². The predicted molar refractivity (Wildman–Crippen MR) is 212 cm³/mol. The third kappa shape index (κ3) is 7.64. The van der Waals surface area contributed by atoms with Crippen molar-refractivity contribution in [2.75, 3.05) is 0 Å². The Morgan fingerprint density at radius 2 is 1.22 bits per heavy atom. The molecule has 5 aromatic carbocycles. The molecule has 0 spiro atoms. The SMILES string of the molecule is CCCC1=Cc2c(-c3ccc(-c4ccccc4)cc3)cccc2C1c1cc(C(C)(C)C)cc2c1[CH]([Zr+2][SiH](C)C)c1ccc(C(C)(C)C)cc1-2.[Cl-].[Cl-]. The molecule has 7 rings (SSSR count). The van der Waals surface area contributed by atoms with E-state index in [0.717, 1.165) is 12.8 Å². The van der Waals surface area contributed by atoms with Crippen molar-refractivity contribution >= 4 is 12.0 Å². The predicted octanol–water partition coefficient (Wildman–Crippen LogP) is 7.09. The quantitative estimate of drug-likeness (QED) is 0.154. The number of fused-ring (bicyclic) bond motifs is 4. The summed E-state index contributed by atoms with van der Waals surface area (Å²) < 4.78 is 0.638. The maximum absolute atomic E-state index is 2.66. The summed E-state index contributed by atoms with van der Waals surface area (Å²) in [7, 11) is 0. The molecule has 0 aliphatic heterocycles. The Morgan fingerprint density at radius 3 is 1.84 bits per heavy atom. The molecule has 2 unspecified atom stereocenters. The molecule has 0 nitrogen and oxygen atoms in total. The summed E-state index contributed by atoms with van der Waals surface area (Å²) in [6.45, 7) is 21.9. The molecule has 51 heavy (non-hydrogen) atoms. The van der Waals surface area contributed by atoms with Crippen LogP contribution in [0.15, 0.2) is 109 Å². The van der Waals surface area contributed by atoms with Crippen LogP contribution in [0.25, 0.3) is 39.5 Å². The molecule has 0 fully saturated rings. The Balaban J connectivity index is 0.00000252. The van der Waals surface area contributed by atoms with Crippen LogP contribution in [0.3, 0.4) is 0 Å². The van der Waals surface area contributed by atoms with Gasteiger partial charge in [0.2, 0.25) is 0 Å². The number of hydrogen-bond acceptors (Lipinski definition) is 0. The van der Waals surface area contributed by atoms with Gasteiger partial charge in [0, 0.05) is 0 Å². The van der Waals surface area contributed by atoms with Gasteiger partial charge in [-0.25, -0.2) is 0 Å². The molecule has 0 bridgehead atoms. The minimum Gasteiger partial charge on any atom is -1.00 e. The van der Waals surface area contributed by atoms with Gasteiger partial charge in [-0.05, 0) is 0 Å². The minimum absolute atomic E-state index is 0. The van der Waals surface area contributed by atoms with E-state index in [-0.39, 0.29) is 35.6 Å². The monoisotopic (exact) mass is 804 g/mol. The summed E-state index contributed by atoms with van der Waals surface area (Å²) in [5.41, 5.74) is 20.8. The van der Waals surface area contributed by atoms with E-state index in [2.05, 4.69) is 171 Å². The minimum atomic E-state index is -0.705. The zero-order chi connectivity index (χ0) is 34.7. The van der Waals surface area contributed by atoms with E-state index in [4.69, 9.17) is 0 Å². The van der Waals surface area contributed by atoms with Crippen molar-refractivity contribution in [2.24, 2.45) is 0 Å². The number of rotatable bonds is 7. The van der Waals surface area contributed by atoms with Crippen LogP contribution in [0.5, 0.6) is 0 Å². The largest absolute Gasteiger partial charge is 1.00 e. The van der Waals surface area contributed by atoms with Crippen molar-refractivity contribution in [3.63, 3.8) is 0 Å². The Morgan fingerprint density at radius 1 is 0.588 bits per heavy atom. The first-order valence-electron chi connectivity index (χ1n) is 18.4. The fraction of sp³-hybridized carbons (Fsp3) is 0.319. The number of hydrogen-bond donors (Lipinski definition) is 0. The maximum atomic E-state index is 2.66. The van der Waals surface area contributed by atoms with Crippen LogP contribution in [0.4, 0.5) is 0 Å². The van der Waals surface area contributed by atoms with Gasteiger partial charge in [0.25, 0.3) is 0 Å². The van der Waals surface area contributed by atoms with E-state index in [1.807, 2.05) is 0 Å². The van der Waals surface area contributed by atoms with Gasteiger partial charge < -0.3 is 24.8 Å². The fourth-order valence-electron chi connectivity index (χ4n) is 8.12. The first-order valence-corrected chi connectivity index (χ1v) is 27.0. The average molecular weight is 807 g/mol. The van der Waals surface area contributed by atoms with Gasteiger partial charge >= 0.3 is 280 Å². The molecule has 262 valence electrons. The third-order valence-corrected chi connectivity index (χ3v) is 20.5. The molecule has 0 heterocycles. The molecule has 2 aliphatic rings. The molecule has 0 amide bonds. The van der Waals surface area contributed by atoms with E-state index >= 15 is 0 Å². The van der Waals surface area contributed by atoms with Crippen molar-refractivity contribution in [1.29, 1.82) is 0 Å². The standard InChI is InChI=1S/C45H45.C2H7Si.2ClH.Zr/c1-8-13-33-25-39-36(31-20-18-30(19-21-31)29-14-10-9-11-15-29)16-12-17-37(39)43(33)42-28-35(45(5,6)7)27-41-38-26-34(44(2,3)4)23-22-32(38)24-40(41)42;1-3-2;;;/h9-12,14-28,43H,8,13H2,1-7H3;3H,1-2H3;2*1H;/q;;;;+2/p-2. The Kier molecular flexibility index (Phi) is 12.1. The van der Waals surface area contributed by atoms with Gasteiger partial charge in [-0.2, -0.15) is 0 Å². The Bertz CT molecular complexity index is 2050. The van der Waals surface area contributed by atoms with Crippen LogP contribution >= 0.6 is 0 Å². The van der Waals surface area contributed by atoms with E-state index in [9.17, 15) is 0 Å². The molecular weight excluding hydrogens is 755 g/mol. The number of halogens is 2. The molecule has 0 N–H and O–H groups in total. The summed E-state index contributed by atoms with van der Waals surface area (Å²) in [5, 5.41) is 0. The van der Waals surface area contributed by atoms with E-state index in [1.165, 1.54) is 50.1 Å². The van der Waals surface area contributed by atoms with E-state index < -0.39 is 28.3 Å². The normalized spacial score (nSPS) is 16.0.